The summed E-state index contributed by atoms with van der Waals surface area (Å²) in [5, 5.41) is 3.68. The second-order valence-electron chi connectivity index (χ2n) is 10.6. The van der Waals surface area contributed by atoms with Crippen LogP contribution in [0.15, 0.2) is 30.3 Å². The number of imidazole rings is 1. The van der Waals surface area contributed by atoms with Gasteiger partial charge in [0.1, 0.15) is 11.2 Å². The number of benzene rings is 2. The van der Waals surface area contributed by atoms with Crippen LogP contribution < -0.4 is 10.2 Å². The average Bonchev–Trinajstić information content (AvgIpc) is 3.63. The third-order valence-electron chi connectivity index (χ3n) is 7.98. The fraction of sp³-hybridized carbons (Fsp3) is 0.500. The summed E-state index contributed by atoms with van der Waals surface area (Å²) in [6.45, 7) is 6.99. The number of aryl methyl sites for hydroxylation is 1. The van der Waals surface area contributed by atoms with Crippen LogP contribution in [0.4, 0.5) is 18.9 Å². The molecule has 10 heteroatoms. The van der Waals surface area contributed by atoms with Gasteiger partial charge in [0.2, 0.25) is 5.91 Å². The fourth-order valence-electron chi connectivity index (χ4n) is 5.32. The lowest BCUT2D eigenvalue weighted by atomic mass is 9.99. The van der Waals surface area contributed by atoms with Gasteiger partial charge in [-0.05, 0) is 67.9 Å². The minimum Gasteiger partial charge on any atom is -0.370 e. The Hall–Kier alpha value is -2.45. The Morgan fingerprint density at radius 3 is 2.47 bits per heavy atom. The molecule has 0 radical (unpaired) electrons. The van der Waals surface area contributed by atoms with E-state index in [9.17, 15) is 18.0 Å². The molecule has 0 atom stereocenters. The first-order chi connectivity index (χ1) is 18.0. The monoisotopic (exact) mass is 566 g/mol. The van der Waals surface area contributed by atoms with Gasteiger partial charge in [-0.3, -0.25) is 4.79 Å². The van der Waals surface area contributed by atoms with Crippen molar-refractivity contribution in [1.29, 1.82) is 0 Å². The lowest BCUT2D eigenvalue weighted by Crippen LogP contribution is -2.40. The summed E-state index contributed by atoms with van der Waals surface area (Å²) in [5.41, 5.74) is 2.07. The Kier molecular flexibility index (Phi) is 7.33. The number of fused-ring (bicyclic) bond motifs is 1. The summed E-state index contributed by atoms with van der Waals surface area (Å²) in [4.78, 5) is 19.5. The third-order valence-corrected chi connectivity index (χ3v) is 8.65. The van der Waals surface area contributed by atoms with Crippen LogP contribution in [0, 0.1) is 11.3 Å². The van der Waals surface area contributed by atoms with Gasteiger partial charge in [0, 0.05) is 37.6 Å². The number of halogens is 5. The summed E-state index contributed by atoms with van der Waals surface area (Å²) in [5.74, 6) is 0.569. The Balaban J connectivity index is 1.37. The maximum atomic E-state index is 13.3. The number of hydrogen-bond donors (Lipinski definition) is 1. The van der Waals surface area contributed by atoms with Crippen molar-refractivity contribution in [3.8, 4) is 0 Å². The number of rotatable bonds is 7. The minimum absolute atomic E-state index is 0.00154. The molecule has 1 saturated carbocycles. The number of nitrogens with one attached hydrogen (secondary N) is 1. The molecule has 1 saturated heterocycles. The number of carbonyl (C=O) groups excluding carboxylic acids is 1. The summed E-state index contributed by atoms with van der Waals surface area (Å²) < 4.78 is 41.9. The lowest BCUT2D eigenvalue weighted by Gasteiger charge is -2.32. The normalized spacial score (nSPS) is 17.7. The Morgan fingerprint density at radius 2 is 1.84 bits per heavy atom. The highest BCUT2D eigenvalue weighted by molar-refractivity contribution is 6.34. The number of nitrogens with zero attached hydrogens (tertiary/aromatic N) is 3. The number of amides is 1. The van der Waals surface area contributed by atoms with E-state index >= 15 is 0 Å². The van der Waals surface area contributed by atoms with Gasteiger partial charge in [0.05, 0.1) is 21.7 Å². The Morgan fingerprint density at radius 1 is 1.13 bits per heavy atom. The molecule has 5 nitrogen and oxygen atoms in total. The number of piperidine rings is 1. The SMILES string of the molecule is CCn1c(Cc2cc(CNC(=O)C3(C(F)(F)F)CC3)ccc2Cl)nc2cc(Cl)c(N3CCC(C)CC3)cc21. The van der Waals surface area contributed by atoms with Gasteiger partial charge in [0.15, 0.2) is 0 Å². The molecule has 204 valence electrons. The molecule has 0 unspecified atom stereocenters. The smallest absolute Gasteiger partial charge is 0.370 e. The lowest BCUT2D eigenvalue weighted by molar-refractivity contribution is -0.192. The number of alkyl halides is 3. The van der Waals surface area contributed by atoms with Crippen LogP contribution in [0.25, 0.3) is 11.0 Å². The summed E-state index contributed by atoms with van der Waals surface area (Å²) in [7, 11) is 0. The van der Waals surface area contributed by atoms with Crippen LogP contribution in [-0.4, -0.2) is 34.7 Å². The molecule has 2 heterocycles. The van der Waals surface area contributed by atoms with Crippen molar-refractivity contribution in [3.05, 3.63) is 57.3 Å². The largest absolute Gasteiger partial charge is 0.403 e. The first-order valence-electron chi connectivity index (χ1n) is 13.1. The van der Waals surface area contributed by atoms with E-state index in [2.05, 4.69) is 34.7 Å². The third kappa shape index (κ3) is 5.09. The second-order valence-corrected chi connectivity index (χ2v) is 11.4. The van der Waals surface area contributed by atoms with Crippen LogP contribution >= 0.6 is 23.2 Å². The van der Waals surface area contributed by atoms with Crippen LogP contribution in [0.2, 0.25) is 10.0 Å². The summed E-state index contributed by atoms with van der Waals surface area (Å²) in [6, 6.07) is 9.29. The van der Waals surface area contributed by atoms with Crippen molar-refractivity contribution >= 4 is 45.8 Å². The maximum absolute atomic E-state index is 13.3. The van der Waals surface area contributed by atoms with E-state index in [1.807, 2.05) is 12.1 Å². The fourth-order valence-corrected chi connectivity index (χ4v) is 5.79. The van der Waals surface area contributed by atoms with E-state index < -0.39 is 17.5 Å². The number of hydrogen-bond acceptors (Lipinski definition) is 3. The molecule has 1 aliphatic heterocycles. The predicted molar refractivity (Wildman–Crippen MR) is 145 cm³/mol. The van der Waals surface area contributed by atoms with Gasteiger partial charge in [-0.25, -0.2) is 4.98 Å². The molecule has 0 spiro atoms. The highest BCUT2D eigenvalue weighted by Gasteiger charge is 2.68. The first kappa shape index (κ1) is 27.1. The van der Waals surface area contributed by atoms with Gasteiger partial charge >= 0.3 is 6.18 Å². The zero-order valence-electron chi connectivity index (χ0n) is 21.5. The highest BCUT2D eigenvalue weighted by atomic mass is 35.5. The maximum Gasteiger partial charge on any atom is 0.403 e. The molecular weight excluding hydrogens is 536 g/mol. The number of anilines is 1. The molecule has 1 aromatic heterocycles. The molecule has 0 bridgehead atoms. The van der Waals surface area contributed by atoms with Gasteiger partial charge in [0.25, 0.3) is 0 Å². The van der Waals surface area contributed by atoms with E-state index in [0.717, 1.165) is 60.0 Å². The van der Waals surface area contributed by atoms with Gasteiger partial charge in [-0.1, -0.05) is 42.3 Å². The standard InChI is InChI=1S/C28H31Cl2F3N4O/c1-3-37-24-15-23(36-10-6-17(2)7-11-36)21(30)14-22(24)35-25(37)13-19-12-18(4-5-20(19)29)16-34-26(38)27(8-9-27)28(31,32)33/h4-5,12,14-15,17H,3,6-11,13,16H2,1-2H3,(H,34,38). The number of aromatic nitrogens is 2. The molecule has 2 aliphatic rings. The van der Waals surface area contributed by atoms with E-state index in [1.54, 1.807) is 12.1 Å². The quantitative estimate of drug-likeness (QED) is 0.330. The molecule has 38 heavy (non-hydrogen) atoms. The first-order valence-corrected chi connectivity index (χ1v) is 13.8. The van der Waals surface area contributed by atoms with E-state index in [4.69, 9.17) is 28.2 Å². The molecule has 2 fully saturated rings. The zero-order valence-corrected chi connectivity index (χ0v) is 23.0. The van der Waals surface area contributed by atoms with Crippen LogP contribution in [-0.2, 0) is 24.3 Å². The topological polar surface area (TPSA) is 50.2 Å². The van der Waals surface area contributed by atoms with E-state index in [-0.39, 0.29) is 19.4 Å². The van der Waals surface area contributed by atoms with Crippen molar-refractivity contribution in [1.82, 2.24) is 14.9 Å². The Labute approximate surface area is 230 Å². The molecule has 1 amide bonds. The van der Waals surface area contributed by atoms with Crippen molar-refractivity contribution in [3.63, 3.8) is 0 Å². The number of carbonyl (C=O) groups is 1. The van der Waals surface area contributed by atoms with Gasteiger partial charge in [-0.15, -0.1) is 0 Å². The van der Waals surface area contributed by atoms with Gasteiger partial charge < -0.3 is 14.8 Å². The summed E-state index contributed by atoms with van der Waals surface area (Å²) in [6.07, 6.45) is -2.15. The Bertz CT molecular complexity index is 1360. The van der Waals surface area contributed by atoms with Crippen molar-refractivity contribution in [2.75, 3.05) is 18.0 Å². The van der Waals surface area contributed by atoms with Crippen LogP contribution in [0.1, 0.15) is 56.5 Å². The van der Waals surface area contributed by atoms with Crippen molar-refractivity contribution < 1.29 is 18.0 Å². The zero-order chi connectivity index (χ0) is 27.2. The van der Waals surface area contributed by atoms with Crippen LogP contribution in [0.3, 0.4) is 0 Å². The van der Waals surface area contributed by atoms with Crippen molar-refractivity contribution in [2.45, 2.75) is 65.2 Å². The van der Waals surface area contributed by atoms with Gasteiger partial charge in [-0.2, -0.15) is 13.2 Å². The predicted octanol–water partition coefficient (Wildman–Crippen LogP) is 7.15. The second kappa shape index (κ2) is 10.3. The molecule has 3 aromatic rings. The molecule has 2 aromatic carbocycles. The minimum atomic E-state index is -4.53. The molecule has 1 aliphatic carbocycles. The highest BCUT2D eigenvalue weighted by Crippen LogP contribution is 2.57. The molecular formula is C28H31Cl2F3N4O. The van der Waals surface area contributed by atoms with E-state index in [0.29, 0.717) is 28.6 Å². The van der Waals surface area contributed by atoms with E-state index in [1.165, 1.54) is 0 Å². The molecule has 5 rings (SSSR count). The van der Waals surface area contributed by atoms with Crippen molar-refractivity contribution in [2.24, 2.45) is 11.3 Å². The average molecular weight is 567 g/mol. The molecule has 1 N–H and O–H groups in total. The summed E-state index contributed by atoms with van der Waals surface area (Å²) >= 11 is 13.2. The van der Waals surface area contributed by atoms with Crippen LogP contribution in [0.5, 0.6) is 0 Å².